The minimum absolute atomic E-state index is 0.0370. The number of rotatable bonds is 3. The molecule has 1 N–H and O–H groups in total. The van der Waals surface area contributed by atoms with Crippen molar-refractivity contribution in [3.63, 3.8) is 0 Å². The van der Waals surface area contributed by atoms with E-state index in [0.29, 0.717) is 17.8 Å². The van der Waals surface area contributed by atoms with E-state index in [1.807, 2.05) is 10.7 Å². The maximum atomic E-state index is 6.07. The molecule has 21 heavy (non-hydrogen) atoms. The Balaban J connectivity index is 1.93. The summed E-state index contributed by atoms with van der Waals surface area (Å²) in [5.41, 5.74) is 2.16. The second kappa shape index (κ2) is 5.48. The molecule has 2 heterocycles. The molecule has 1 aliphatic carbocycles. The van der Waals surface area contributed by atoms with Gasteiger partial charge in [-0.15, -0.1) is 11.6 Å². The van der Waals surface area contributed by atoms with Crippen LogP contribution in [0.1, 0.15) is 45.7 Å². The number of anilines is 1. The summed E-state index contributed by atoms with van der Waals surface area (Å²) in [4.78, 5) is 4.52. The molecule has 0 spiro atoms. The third kappa shape index (κ3) is 2.86. The molecule has 2 unspecified atom stereocenters. The molecular formula is C16H23ClN4. The van der Waals surface area contributed by atoms with Crippen LogP contribution in [-0.2, 0) is 5.41 Å². The Morgan fingerprint density at radius 1 is 1.38 bits per heavy atom. The van der Waals surface area contributed by atoms with E-state index in [-0.39, 0.29) is 5.41 Å². The van der Waals surface area contributed by atoms with Gasteiger partial charge in [-0.2, -0.15) is 5.10 Å². The summed E-state index contributed by atoms with van der Waals surface area (Å²) in [6, 6.07) is 2.56. The topological polar surface area (TPSA) is 42.2 Å². The van der Waals surface area contributed by atoms with Crippen molar-refractivity contribution in [1.82, 2.24) is 14.6 Å². The third-order valence-electron chi connectivity index (χ3n) is 4.34. The molecule has 0 saturated heterocycles. The fourth-order valence-corrected chi connectivity index (χ4v) is 3.36. The van der Waals surface area contributed by atoms with Crippen LogP contribution in [0.25, 0.3) is 5.52 Å². The standard InChI is InChI=1S/C16H23ClN4/c1-16(2,3)14-9-13-15(18-7-8-21(13)20-14)19-12-6-4-5-11(12)10-17/h7-9,11-12H,4-6,10H2,1-3H3,(H,18,19). The van der Waals surface area contributed by atoms with E-state index in [0.717, 1.165) is 17.0 Å². The van der Waals surface area contributed by atoms with E-state index in [4.69, 9.17) is 11.6 Å². The van der Waals surface area contributed by atoms with Gasteiger partial charge in [0.05, 0.1) is 5.69 Å². The van der Waals surface area contributed by atoms with E-state index >= 15 is 0 Å². The van der Waals surface area contributed by atoms with Crippen LogP contribution in [0.3, 0.4) is 0 Å². The van der Waals surface area contributed by atoms with Crippen molar-refractivity contribution in [3.8, 4) is 0 Å². The highest BCUT2D eigenvalue weighted by Gasteiger charge is 2.27. The fourth-order valence-electron chi connectivity index (χ4n) is 2.99. The molecule has 1 aliphatic rings. The van der Waals surface area contributed by atoms with Crippen molar-refractivity contribution in [2.75, 3.05) is 11.2 Å². The van der Waals surface area contributed by atoms with E-state index in [1.165, 1.54) is 19.3 Å². The van der Waals surface area contributed by atoms with Crippen molar-refractivity contribution in [2.24, 2.45) is 5.92 Å². The second-order valence-electron chi connectivity index (χ2n) is 6.98. The lowest BCUT2D eigenvalue weighted by molar-refractivity contribution is 0.560. The van der Waals surface area contributed by atoms with Crippen LogP contribution in [0, 0.1) is 5.92 Å². The van der Waals surface area contributed by atoms with Gasteiger partial charge in [0.15, 0.2) is 5.82 Å². The number of aromatic nitrogens is 3. The predicted octanol–water partition coefficient (Wildman–Crippen LogP) is 3.85. The Hall–Kier alpha value is -1.29. The molecule has 5 heteroatoms. The Bertz CT molecular complexity index is 629. The molecule has 4 nitrogen and oxygen atoms in total. The molecule has 2 aromatic rings. The summed E-state index contributed by atoms with van der Waals surface area (Å²) >= 11 is 6.07. The largest absolute Gasteiger partial charge is 0.365 e. The average molecular weight is 307 g/mol. The zero-order valence-electron chi connectivity index (χ0n) is 12.9. The molecular weight excluding hydrogens is 284 g/mol. The number of halogens is 1. The van der Waals surface area contributed by atoms with Gasteiger partial charge in [0.2, 0.25) is 0 Å². The summed E-state index contributed by atoms with van der Waals surface area (Å²) in [6.45, 7) is 6.53. The van der Waals surface area contributed by atoms with Gasteiger partial charge in [-0.3, -0.25) is 0 Å². The lowest BCUT2D eigenvalue weighted by Crippen LogP contribution is -2.25. The Morgan fingerprint density at radius 2 is 2.19 bits per heavy atom. The minimum atomic E-state index is 0.0370. The smallest absolute Gasteiger partial charge is 0.152 e. The molecule has 114 valence electrons. The Morgan fingerprint density at radius 3 is 2.90 bits per heavy atom. The lowest BCUT2D eigenvalue weighted by Gasteiger charge is -2.19. The van der Waals surface area contributed by atoms with Gasteiger partial charge in [0.1, 0.15) is 5.52 Å². The highest BCUT2D eigenvalue weighted by atomic mass is 35.5. The van der Waals surface area contributed by atoms with Gasteiger partial charge < -0.3 is 5.32 Å². The van der Waals surface area contributed by atoms with Crippen molar-refractivity contribution >= 4 is 22.9 Å². The molecule has 0 aliphatic heterocycles. The van der Waals surface area contributed by atoms with Crippen LogP contribution in [0.2, 0.25) is 0 Å². The van der Waals surface area contributed by atoms with Crippen molar-refractivity contribution in [3.05, 3.63) is 24.2 Å². The molecule has 3 rings (SSSR count). The first-order valence-corrected chi connectivity index (χ1v) is 8.20. The van der Waals surface area contributed by atoms with E-state index in [2.05, 4.69) is 42.2 Å². The van der Waals surface area contributed by atoms with Crippen LogP contribution in [0.15, 0.2) is 18.5 Å². The molecule has 2 atom stereocenters. The third-order valence-corrected chi connectivity index (χ3v) is 4.73. The van der Waals surface area contributed by atoms with Gasteiger partial charge in [0, 0.05) is 29.7 Å². The zero-order valence-corrected chi connectivity index (χ0v) is 13.7. The summed E-state index contributed by atoms with van der Waals surface area (Å²) < 4.78 is 1.92. The highest BCUT2D eigenvalue weighted by Crippen LogP contribution is 2.31. The van der Waals surface area contributed by atoms with Gasteiger partial charge in [-0.25, -0.2) is 9.50 Å². The van der Waals surface area contributed by atoms with E-state index in [1.54, 1.807) is 6.20 Å². The first-order chi connectivity index (χ1) is 9.99. The van der Waals surface area contributed by atoms with Gasteiger partial charge in [0.25, 0.3) is 0 Å². The van der Waals surface area contributed by atoms with E-state index < -0.39 is 0 Å². The quantitative estimate of drug-likeness (QED) is 0.876. The second-order valence-corrected chi connectivity index (χ2v) is 7.29. The summed E-state index contributed by atoms with van der Waals surface area (Å²) in [6.07, 6.45) is 7.32. The van der Waals surface area contributed by atoms with E-state index in [9.17, 15) is 0 Å². The van der Waals surface area contributed by atoms with Gasteiger partial charge in [-0.05, 0) is 24.8 Å². The monoisotopic (exact) mass is 306 g/mol. The SMILES string of the molecule is CC(C)(C)c1cc2c(NC3CCCC3CCl)nccn2n1. The van der Waals surface area contributed by atoms with Crippen molar-refractivity contribution in [2.45, 2.75) is 51.5 Å². The highest BCUT2D eigenvalue weighted by molar-refractivity contribution is 6.18. The Labute approximate surface area is 130 Å². The molecule has 2 aromatic heterocycles. The number of hydrogen-bond acceptors (Lipinski definition) is 3. The van der Waals surface area contributed by atoms with Crippen LogP contribution < -0.4 is 5.32 Å². The first kappa shape index (κ1) is 14.6. The van der Waals surface area contributed by atoms with Crippen LogP contribution >= 0.6 is 11.6 Å². The first-order valence-electron chi connectivity index (χ1n) is 7.66. The maximum absolute atomic E-state index is 6.07. The number of nitrogens with one attached hydrogen (secondary N) is 1. The minimum Gasteiger partial charge on any atom is -0.365 e. The van der Waals surface area contributed by atoms with Gasteiger partial charge in [-0.1, -0.05) is 27.2 Å². The lowest BCUT2D eigenvalue weighted by atomic mass is 9.92. The summed E-state index contributed by atoms with van der Waals surface area (Å²) in [5, 5.41) is 8.26. The Kier molecular flexibility index (Phi) is 3.82. The average Bonchev–Trinajstić information content (AvgIpc) is 3.04. The maximum Gasteiger partial charge on any atom is 0.152 e. The number of fused-ring (bicyclic) bond motifs is 1. The zero-order chi connectivity index (χ0) is 15.0. The fraction of sp³-hybridized carbons (Fsp3) is 0.625. The molecule has 1 saturated carbocycles. The number of alkyl halides is 1. The molecule has 0 bridgehead atoms. The number of hydrogen-bond donors (Lipinski definition) is 1. The number of nitrogens with zero attached hydrogens (tertiary/aromatic N) is 3. The molecule has 1 fully saturated rings. The van der Waals surface area contributed by atoms with Crippen molar-refractivity contribution in [1.29, 1.82) is 0 Å². The normalized spacial score (nSPS) is 22.9. The van der Waals surface area contributed by atoms with Crippen molar-refractivity contribution < 1.29 is 0 Å². The molecule has 0 radical (unpaired) electrons. The van der Waals surface area contributed by atoms with Crippen LogP contribution in [-0.4, -0.2) is 26.5 Å². The van der Waals surface area contributed by atoms with Crippen LogP contribution in [0.5, 0.6) is 0 Å². The van der Waals surface area contributed by atoms with Crippen LogP contribution in [0.4, 0.5) is 5.82 Å². The van der Waals surface area contributed by atoms with Gasteiger partial charge >= 0.3 is 0 Å². The molecule has 0 amide bonds. The summed E-state index contributed by atoms with van der Waals surface area (Å²) in [7, 11) is 0. The molecule has 0 aromatic carbocycles. The summed E-state index contributed by atoms with van der Waals surface area (Å²) in [5.74, 6) is 2.18. The predicted molar refractivity (Wildman–Crippen MR) is 87.2 cm³/mol.